The van der Waals surface area contributed by atoms with Crippen molar-refractivity contribution < 1.29 is 37.4 Å². The second-order valence-electron chi connectivity index (χ2n) is 8.76. The quantitative estimate of drug-likeness (QED) is 0.259. The molecule has 0 aliphatic carbocycles. The van der Waals surface area contributed by atoms with Crippen LogP contribution in [0.5, 0.6) is 5.75 Å². The van der Waals surface area contributed by atoms with E-state index in [9.17, 15) is 22.8 Å². The summed E-state index contributed by atoms with van der Waals surface area (Å²) in [6.07, 6.45) is -2.89. The summed E-state index contributed by atoms with van der Waals surface area (Å²) in [5.41, 5.74) is 13.0. The summed E-state index contributed by atoms with van der Waals surface area (Å²) in [6, 6.07) is 21.8. The van der Waals surface area contributed by atoms with Crippen LogP contribution in [0.4, 0.5) is 13.2 Å². The second kappa shape index (κ2) is 14.8. The smallest absolute Gasteiger partial charge is 0.475 e. The fraction of sp³-hybridized carbons (Fsp3) is 0.321. The molecule has 1 amide bonds. The maximum absolute atomic E-state index is 13.0. The topological polar surface area (TPSA) is 136 Å². The van der Waals surface area contributed by atoms with Gasteiger partial charge in [0.2, 0.25) is 5.91 Å². The molecule has 0 saturated heterocycles. The maximum Gasteiger partial charge on any atom is 0.490 e. The molecule has 3 aromatic rings. The van der Waals surface area contributed by atoms with Gasteiger partial charge >= 0.3 is 18.1 Å². The van der Waals surface area contributed by atoms with Gasteiger partial charge in [-0.25, -0.2) is 9.59 Å². The fourth-order valence-electron chi connectivity index (χ4n) is 3.70. The number of alkyl halides is 3. The van der Waals surface area contributed by atoms with Crippen LogP contribution in [0.15, 0.2) is 72.8 Å². The van der Waals surface area contributed by atoms with E-state index in [0.29, 0.717) is 38.0 Å². The van der Waals surface area contributed by atoms with Crippen LogP contribution in [0, 0.1) is 0 Å². The minimum atomic E-state index is -5.08. The molecule has 0 saturated carbocycles. The molecule has 0 bridgehead atoms. The van der Waals surface area contributed by atoms with Crippen LogP contribution in [-0.2, 0) is 20.8 Å². The summed E-state index contributed by atoms with van der Waals surface area (Å²) >= 11 is 0. The molecule has 210 valence electrons. The number of carbonyl (C=O) groups excluding carboxylic acids is 2. The number of halogens is 3. The summed E-state index contributed by atoms with van der Waals surface area (Å²) in [4.78, 5) is 36.3. The lowest BCUT2D eigenvalue weighted by Crippen LogP contribution is -2.50. The molecule has 11 heteroatoms. The Balaban J connectivity index is 0.000000673. The van der Waals surface area contributed by atoms with Crippen LogP contribution in [0.1, 0.15) is 24.8 Å². The molecule has 8 nitrogen and oxygen atoms in total. The van der Waals surface area contributed by atoms with E-state index in [4.69, 9.17) is 26.1 Å². The number of hydrogen-bond donors (Lipinski definition) is 3. The number of rotatable bonds is 10. The van der Waals surface area contributed by atoms with Crippen LogP contribution in [0.25, 0.3) is 10.8 Å². The van der Waals surface area contributed by atoms with Gasteiger partial charge in [0.1, 0.15) is 11.8 Å². The monoisotopic (exact) mass is 547 g/mol. The molecular weight excluding hydrogens is 515 g/mol. The van der Waals surface area contributed by atoms with Crippen LogP contribution in [0.3, 0.4) is 0 Å². The lowest BCUT2D eigenvalue weighted by molar-refractivity contribution is -0.192. The van der Waals surface area contributed by atoms with E-state index in [1.807, 2.05) is 66.7 Å². The SMILES string of the molecule is CN(C(=O)[C@@H](N)CCc1ccccc1)[C@@H](CCCN)C(=O)Oc1ccc2ccccc2c1.O=C(O)C(F)(F)F. The lowest BCUT2D eigenvalue weighted by atomic mass is 10.0. The van der Waals surface area contributed by atoms with Crippen LogP contribution < -0.4 is 16.2 Å². The Morgan fingerprint density at radius 2 is 1.54 bits per heavy atom. The van der Waals surface area contributed by atoms with E-state index >= 15 is 0 Å². The normalized spacial score (nSPS) is 12.6. The molecule has 0 radical (unpaired) electrons. The number of nitrogens with two attached hydrogens (primary N) is 2. The van der Waals surface area contributed by atoms with Crippen molar-refractivity contribution in [3.05, 3.63) is 78.4 Å². The highest BCUT2D eigenvalue weighted by molar-refractivity contribution is 5.89. The maximum atomic E-state index is 13.0. The largest absolute Gasteiger partial charge is 0.490 e. The molecule has 0 heterocycles. The van der Waals surface area contributed by atoms with Gasteiger partial charge in [0, 0.05) is 7.05 Å². The molecule has 5 N–H and O–H groups in total. The third-order valence-electron chi connectivity index (χ3n) is 5.85. The van der Waals surface area contributed by atoms with E-state index < -0.39 is 30.2 Å². The Hall–Kier alpha value is -3.96. The minimum Gasteiger partial charge on any atom is -0.475 e. The molecule has 0 aliphatic heterocycles. The van der Waals surface area contributed by atoms with Gasteiger partial charge in [0.25, 0.3) is 0 Å². The highest BCUT2D eigenvalue weighted by atomic mass is 19.4. The third-order valence-corrected chi connectivity index (χ3v) is 5.85. The van der Waals surface area contributed by atoms with Gasteiger partial charge in [-0.1, -0.05) is 60.7 Å². The lowest BCUT2D eigenvalue weighted by Gasteiger charge is -2.28. The molecule has 39 heavy (non-hydrogen) atoms. The van der Waals surface area contributed by atoms with Gasteiger partial charge in [0.05, 0.1) is 6.04 Å². The molecule has 0 unspecified atom stereocenters. The van der Waals surface area contributed by atoms with Crippen LogP contribution in [0.2, 0.25) is 0 Å². The number of esters is 1. The number of likely N-dealkylation sites (N-methyl/N-ethyl adjacent to an activating group) is 1. The van der Waals surface area contributed by atoms with E-state index in [0.717, 1.165) is 16.3 Å². The Labute approximate surface area is 224 Å². The molecule has 0 fully saturated rings. The third kappa shape index (κ3) is 10.0. The van der Waals surface area contributed by atoms with Crippen molar-refractivity contribution in [2.75, 3.05) is 13.6 Å². The number of fused-ring (bicyclic) bond motifs is 1. The van der Waals surface area contributed by atoms with Gasteiger partial charge < -0.3 is 26.2 Å². The zero-order valence-corrected chi connectivity index (χ0v) is 21.4. The van der Waals surface area contributed by atoms with Crippen LogP contribution >= 0.6 is 0 Å². The molecular formula is C28H32F3N3O5. The Morgan fingerprint density at radius 3 is 2.13 bits per heavy atom. The summed E-state index contributed by atoms with van der Waals surface area (Å²) in [7, 11) is 1.60. The number of carbonyl (C=O) groups is 3. The highest BCUT2D eigenvalue weighted by Gasteiger charge is 2.38. The van der Waals surface area contributed by atoms with Crippen LogP contribution in [-0.4, -0.2) is 59.7 Å². The van der Waals surface area contributed by atoms with Crippen molar-refractivity contribution in [2.24, 2.45) is 11.5 Å². The predicted octanol–water partition coefficient (Wildman–Crippen LogP) is 3.90. The standard InChI is InChI=1S/C26H31N3O3.C2HF3O2/c1-29(25(30)23(28)16-13-19-8-3-2-4-9-19)24(12-7-17-27)26(31)32-22-15-14-20-10-5-6-11-21(20)18-22;3-2(4,5)1(6)7/h2-6,8-11,14-15,18,23-24H,7,12-13,16-17,27-28H2,1H3;(H,6,7)/t23-,24-;/m0./s1. The Morgan fingerprint density at radius 1 is 0.949 bits per heavy atom. The number of carboxylic acids is 1. The Kier molecular flexibility index (Phi) is 11.9. The number of ether oxygens (including phenoxy) is 1. The second-order valence-corrected chi connectivity index (χ2v) is 8.76. The first kappa shape index (κ1) is 31.3. The Bertz CT molecular complexity index is 1240. The zero-order valence-electron chi connectivity index (χ0n) is 21.4. The van der Waals surface area contributed by atoms with Gasteiger partial charge in [-0.2, -0.15) is 13.2 Å². The van der Waals surface area contributed by atoms with E-state index in [2.05, 4.69) is 0 Å². The minimum absolute atomic E-state index is 0.279. The molecule has 0 aliphatic rings. The van der Waals surface area contributed by atoms with Crippen molar-refractivity contribution >= 4 is 28.6 Å². The number of aryl methyl sites for hydroxylation is 1. The zero-order chi connectivity index (χ0) is 29.0. The van der Waals surface area contributed by atoms with Gasteiger partial charge in [-0.3, -0.25) is 4.79 Å². The average Bonchev–Trinajstić information content (AvgIpc) is 2.91. The van der Waals surface area contributed by atoms with E-state index in [1.165, 1.54) is 4.90 Å². The fourth-order valence-corrected chi connectivity index (χ4v) is 3.70. The molecule has 3 aromatic carbocycles. The molecule has 3 rings (SSSR count). The van der Waals surface area contributed by atoms with Gasteiger partial charge in [-0.15, -0.1) is 0 Å². The average molecular weight is 548 g/mol. The molecule has 0 spiro atoms. The summed E-state index contributed by atoms with van der Waals surface area (Å²) in [6.45, 7) is 0.418. The van der Waals surface area contributed by atoms with E-state index in [-0.39, 0.29) is 5.91 Å². The molecule has 2 atom stereocenters. The van der Waals surface area contributed by atoms with Crippen molar-refractivity contribution in [1.29, 1.82) is 0 Å². The number of amides is 1. The van der Waals surface area contributed by atoms with Gasteiger partial charge in [0.15, 0.2) is 0 Å². The summed E-state index contributed by atoms with van der Waals surface area (Å²) < 4.78 is 37.4. The number of nitrogens with zero attached hydrogens (tertiary/aromatic N) is 1. The van der Waals surface area contributed by atoms with Gasteiger partial charge in [-0.05, 0) is 60.7 Å². The first-order chi connectivity index (χ1) is 18.4. The predicted molar refractivity (Wildman–Crippen MR) is 141 cm³/mol. The first-order valence-electron chi connectivity index (χ1n) is 12.2. The van der Waals surface area contributed by atoms with Crippen molar-refractivity contribution in [3.8, 4) is 5.75 Å². The highest BCUT2D eigenvalue weighted by Crippen LogP contribution is 2.22. The first-order valence-corrected chi connectivity index (χ1v) is 12.2. The number of benzene rings is 3. The summed E-state index contributed by atoms with van der Waals surface area (Å²) in [5.74, 6) is -3.08. The summed E-state index contributed by atoms with van der Waals surface area (Å²) in [5, 5.41) is 9.16. The number of hydrogen-bond acceptors (Lipinski definition) is 6. The van der Waals surface area contributed by atoms with Crippen molar-refractivity contribution in [1.82, 2.24) is 4.90 Å². The van der Waals surface area contributed by atoms with Crippen molar-refractivity contribution in [2.45, 2.75) is 43.9 Å². The van der Waals surface area contributed by atoms with E-state index in [1.54, 1.807) is 13.1 Å². The molecule has 0 aromatic heterocycles. The van der Waals surface area contributed by atoms with Crippen molar-refractivity contribution in [3.63, 3.8) is 0 Å². The number of carboxylic acid groups (broad SMARTS) is 1. The number of aliphatic carboxylic acids is 1.